The highest BCUT2D eigenvalue weighted by atomic mass is 16.3. The molecular weight excluding hydrogens is 322 g/mol. The molecule has 0 aliphatic carbocycles. The summed E-state index contributed by atoms with van der Waals surface area (Å²) in [6, 6.07) is 4.50. The Morgan fingerprint density at radius 1 is 1.32 bits per heavy atom. The molecule has 0 saturated carbocycles. The maximum absolute atomic E-state index is 12.2. The second-order valence-corrected chi connectivity index (χ2v) is 6.27. The fraction of sp³-hybridized carbons (Fsp3) is 0.529. The highest BCUT2D eigenvalue weighted by molar-refractivity contribution is 5.76. The zero-order valence-corrected chi connectivity index (χ0v) is 15.1. The van der Waals surface area contributed by atoms with Gasteiger partial charge in [0.05, 0.1) is 18.3 Å². The summed E-state index contributed by atoms with van der Waals surface area (Å²) in [5.74, 6) is 0.248. The van der Waals surface area contributed by atoms with Gasteiger partial charge in [-0.1, -0.05) is 20.3 Å². The van der Waals surface area contributed by atoms with Gasteiger partial charge in [-0.05, 0) is 31.9 Å². The van der Waals surface area contributed by atoms with Gasteiger partial charge >= 0.3 is 0 Å². The minimum atomic E-state index is -0.371. The van der Waals surface area contributed by atoms with Crippen LogP contribution in [0.5, 0.6) is 0 Å². The van der Waals surface area contributed by atoms with Crippen LogP contribution < -0.4 is 10.9 Å². The van der Waals surface area contributed by atoms with Crippen molar-refractivity contribution in [2.75, 3.05) is 6.61 Å². The molecule has 2 aromatic heterocycles. The molecule has 2 rings (SSSR count). The summed E-state index contributed by atoms with van der Waals surface area (Å²) in [4.78, 5) is 24.2. The molecule has 0 fully saturated rings. The molecule has 0 saturated heterocycles. The molecule has 0 aromatic carbocycles. The van der Waals surface area contributed by atoms with Crippen molar-refractivity contribution in [2.24, 2.45) is 5.92 Å². The molecule has 0 spiro atoms. The maximum Gasteiger partial charge on any atom is 0.267 e. The van der Waals surface area contributed by atoms with Crippen LogP contribution in [0.1, 0.15) is 31.7 Å². The first-order chi connectivity index (χ1) is 11.8. The van der Waals surface area contributed by atoms with Crippen molar-refractivity contribution in [1.29, 1.82) is 0 Å². The standard InChI is InChI=1S/C17H25N5O3/c1-5-11(2)14(10-23)18-16(24)9-21-17(25)7-6-15(20-21)22-13(4)8-12(3)19-22/h6-8,11,14,23H,5,9-10H2,1-4H3,(H,18,24)/t11-,14+/m1/s1. The number of rotatable bonds is 7. The van der Waals surface area contributed by atoms with Gasteiger partial charge in [0.1, 0.15) is 6.54 Å². The maximum atomic E-state index is 12.2. The Kier molecular flexibility index (Phi) is 6.08. The first kappa shape index (κ1) is 18.9. The third kappa shape index (κ3) is 4.54. The van der Waals surface area contributed by atoms with E-state index in [9.17, 15) is 14.7 Å². The molecular formula is C17H25N5O3. The van der Waals surface area contributed by atoms with Gasteiger partial charge in [0.2, 0.25) is 5.91 Å². The summed E-state index contributed by atoms with van der Waals surface area (Å²) in [5.41, 5.74) is 1.36. The lowest BCUT2D eigenvalue weighted by Gasteiger charge is -2.22. The van der Waals surface area contributed by atoms with Gasteiger partial charge in [-0.15, -0.1) is 5.10 Å². The second kappa shape index (κ2) is 8.06. The molecule has 2 heterocycles. The predicted molar refractivity (Wildman–Crippen MR) is 93.6 cm³/mol. The first-order valence-electron chi connectivity index (χ1n) is 8.37. The fourth-order valence-electron chi connectivity index (χ4n) is 2.57. The molecule has 25 heavy (non-hydrogen) atoms. The van der Waals surface area contributed by atoms with E-state index >= 15 is 0 Å². The summed E-state index contributed by atoms with van der Waals surface area (Å²) >= 11 is 0. The van der Waals surface area contributed by atoms with Gasteiger partial charge in [0.25, 0.3) is 5.56 Å². The molecule has 1 amide bonds. The minimum Gasteiger partial charge on any atom is -0.394 e. The zero-order valence-electron chi connectivity index (χ0n) is 15.1. The van der Waals surface area contributed by atoms with E-state index in [0.717, 1.165) is 22.5 Å². The summed E-state index contributed by atoms with van der Waals surface area (Å²) in [6.45, 7) is 7.35. The number of aryl methyl sites for hydroxylation is 2. The molecule has 2 atom stereocenters. The highest BCUT2D eigenvalue weighted by Gasteiger charge is 2.18. The van der Waals surface area contributed by atoms with E-state index in [1.54, 1.807) is 10.7 Å². The number of nitrogens with one attached hydrogen (secondary N) is 1. The highest BCUT2D eigenvalue weighted by Crippen LogP contribution is 2.08. The molecule has 8 heteroatoms. The Hall–Kier alpha value is -2.48. The smallest absolute Gasteiger partial charge is 0.267 e. The molecule has 0 aliphatic rings. The Balaban J connectivity index is 2.19. The van der Waals surface area contributed by atoms with Crippen molar-refractivity contribution in [3.8, 4) is 5.82 Å². The minimum absolute atomic E-state index is 0.139. The van der Waals surface area contributed by atoms with Crippen LogP contribution in [0.3, 0.4) is 0 Å². The van der Waals surface area contributed by atoms with E-state index in [1.165, 1.54) is 6.07 Å². The average molecular weight is 347 g/mol. The number of hydrogen-bond acceptors (Lipinski definition) is 5. The van der Waals surface area contributed by atoms with Gasteiger partial charge in [-0.3, -0.25) is 9.59 Å². The van der Waals surface area contributed by atoms with Crippen LogP contribution in [0.25, 0.3) is 5.82 Å². The summed E-state index contributed by atoms with van der Waals surface area (Å²) < 4.78 is 2.73. The number of aliphatic hydroxyl groups excluding tert-OH is 1. The average Bonchev–Trinajstić information content (AvgIpc) is 2.92. The largest absolute Gasteiger partial charge is 0.394 e. The predicted octanol–water partition coefficient (Wildman–Crippen LogP) is 0.569. The van der Waals surface area contributed by atoms with Crippen LogP contribution in [0, 0.1) is 19.8 Å². The van der Waals surface area contributed by atoms with Gasteiger partial charge in [0, 0.05) is 11.8 Å². The van der Waals surface area contributed by atoms with E-state index in [2.05, 4.69) is 15.5 Å². The molecule has 136 valence electrons. The Morgan fingerprint density at radius 3 is 2.60 bits per heavy atom. The Morgan fingerprint density at radius 2 is 2.04 bits per heavy atom. The summed E-state index contributed by atoms with van der Waals surface area (Å²) in [5, 5.41) is 20.7. The molecule has 8 nitrogen and oxygen atoms in total. The third-order valence-electron chi connectivity index (χ3n) is 4.25. The summed E-state index contributed by atoms with van der Waals surface area (Å²) in [7, 11) is 0. The number of amides is 1. The molecule has 0 radical (unpaired) electrons. The van der Waals surface area contributed by atoms with Crippen molar-refractivity contribution >= 4 is 5.91 Å². The van der Waals surface area contributed by atoms with Crippen molar-refractivity contribution in [3.05, 3.63) is 39.9 Å². The van der Waals surface area contributed by atoms with Crippen molar-refractivity contribution in [1.82, 2.24) is 24.9 Å². The molecule has 0 aliphatic heterocycles. The fourth-order valence-corrected chi connectivity index (χ4v) is 2.57. The lowest BCUT2D eigenvalue weighted by atomic mass is 10.00. The summed E-state index contributed by atoms with van der Waals surface area (Å²) in [6.07, 6.45) is 0.830. The van der Waals surface area contributed by atoms with Gasteiger partial charge in [-0.25, -0.2) is 9.36 Å². The van der Waals surface area contributed by atoms with E-state index in [1.807, 2.05) is 33.8 Å². The number of carbonyl (C=O) groups is 1. The van der Waals surface area contributed by atoms with E-state index in [0.29, 0.717) is 5.82 Å². The number of nitrogens with zero attached hydrogens (tertiary/aromatic N) is 4. The van der Waals surface area contributed by atoms with E-state index in [4.69, 9.17) is 0 Å². The van der Waals surface area contributed by atoms with Crippen molar-refractivity contribution in [2.45, 2.75) is 46.7 Å². The number of aromatic nitrogens is 4. The first-order valence-corrected chi connectivity index (χ1v) is 8.37. The number of hydrogen-bond donors (Lipinski definition) is 2. The molecule has 0 bridgehead atoms. The lowest BCUT2D eigenvalue weighted by Crippen LogP contribution is -2.44. The van der Waals surface area contributed by atoms with Gasteiger partial charge < -0.3 is 10.4 Å². The zero-order chi connectivity index (χ0) is 18.6. The van der Waals surface area contributed by atoms with Crippen LogP contribution in [0.4, 0.5) is 0 Å². The molecule has 2 N–H and O–H groups in total. The van der Waals surface area contributed by atoms with Crippen LogP contribution in [0.2, 0.25) is 0 Å². The normalized spacial score (nSPS) is 13.5. The molecule has 0 unspecified atom stereocenters. The van der Waals surface area contributed by atoms with Crippen LogP contribution in [0.15, 0.2) is 23.0 Å². The van der Waals surface area contributed by atoms with Crippen molar-refractivity contribution < 1.29 is 9.90 Å². The SMILES string of the molecule is CC[C@@H](C)[C@H](CO)NC(=O)Cn1nc(-n2nc(C)cc2C)ccc1=O. The van der Waals surface area contributed by atoms with Crippen LogP contribution in [-0.4, -0.2) is 43.2 Å². The Bertz CT molecular complexity index is 796. The quantitative estimate of drug-likeness (QED) is 0.762. The van der Waals surface area contributed by atoms with Gasteiger partial charge in [-0.2, -0.15) is 5.10 Å². The topological polar surface area (TPSA) is 102 Å². The van der Waals surface area contributed by atoms with Gasteiger partial charge in [0.15, 0.2) is 5.82 Å². The van der Waals surface area contributed by atoms with Crippen LogP contribution >= 0.6 is 0 Å². The van der Waals surface area contributed by atoms with Crippen LogP contribution in [-0.2, 0) is 11.3 Å². The molecule has 2 aromatic rings. The third-order valence-corrected chi connectivity index (χ3v) is 4.25. The lowest BCUT2D eigenvalue weighted by molar-refractivity contribution is -0.123. The van der Waals surface area contributed by atoms with E-state index < -0.39 is 0 Å². The van der Waals surface area contributed by atoms with Crippen molar-refractivity contribution in [3.63, 3.8) is 0 Å². The number of aliphatic hydroxyl groups is 1. The second-order valence-electron chi connectivity index (χ2n) is 6.27. The number of carbonyl (C=O) groups excluding carboxylic acids is 1. The Labute approximate surface area is 146 Å². The monoisotopic (exact) mass is 347 g/mol. The van der Waals surface area contributed by atoms with E-state index in [-0.39, 0.29) is 36.6 Å².